The van der Waals surface area contributed by atoms with Crippen molar-refractivity contribution in [2.75, 3.05) is 40.4 Å². The smallest absolute Gasteiger partial charge is 0.237 e. The second-order valence-electron chi connectivity index (χ2n) is 14.3. The first kappa shape index (κ1) is 34.7. The maximum Gasteiger partial charge on any atom is 0.237 e. The average molecular weight is 744 g/mol. The molecule has 4 fully saturated rings. The normalized spacial score (nSPS) is 23.2. The summed E-state index contributed by atoms with van der Waals surface area (Å²) >= 11 is 14.2. The van der Waals surface area contributed by atoms with Gasteiger partial charge in [0.1, 0.15) is 11.4 Å². The van der Waals surface area contributed by atoms with Crippen LogP contribution in [0, 0.1) is 0 Å². The second kappa shape index (κ2) is 13.9. The molecule has 12 nitrogen and oxygen atoms in total. The predicted molar refractivity (Wildman–Crippen MR) is 197 cm³/mol. The fourth-order valence-electron chi connectivity index (χ4n) is 8.24. The van der Waals surface area contributed by atoms with Gasteiger partial charge in [0.2, 0.25) is 23.6 Å². The number of rotatable bonds is 9. The Morgan fingerprint density at radius 3 is 1.48 bits per heavy atom. The number of aromatic nitrogens is 4. The van der Waals surface area contributed by atoms with Gasteiger partial charge in [-0.05, 0) is 25.7 Å². The van der Waals surface area contributed by atoms with Crippen molar-refractivity contribution in [3.63, 3.8) is 0 Å². The molecule has 0 radical (unpaired) electrons. The highest BCUT2D eigenvalue weighted by atomic mass is 35.5. The number of nitrogens with zero attached hydrogens (tertiary/aromatic N) is 6. The van der Waals surface area contributed by atoms with Gasteiger partial charge in [-0.25, -0.2) is 9.97 Å². The Morgan fingerprint density at radius 2 is 1.10 bits per heavy atom. The molecule has 2 aromatic heterocycles. The van der Waals surface area contributed by atoms with E-state index in [1.165, 1.54) is 0 Å². The molecule has 2 amide bonds. The molecule has 4 aliphatic rings. The van der Waals surface area contributed by atoms with Gasteiger partial charge in [-0.15, -0.1) is 0 Å². The fourth-order valence-corrected chi connectivity index (χ4v) is 8.89. The quantitative estimate of drug-likeness (QED) is 0.233. The fraction of sp³-hybridized carbons (Fsp3) is 0.421. The predicted octanol–water partition coefficient (Wildman–Crippen LogP) is 5.30. The van der Waals surface area contributed by atoms with Crippen molar-refractivity contribution >= 4 is 35.0 Å². The van der Waals surface area contributed by atoms with Gasteiger partial charge in [0, 0.05) is 74.4 Å². The van der Waals surface area contributed by atoms with Crippen LogP contribution in [0.3, 0.4) is 0 Å². The molecule has 2 atom stereocenters. The van der Waals surface area contributed by atoms with E-state index in [-0.39, 0.29) is 22.9 Å². The summed E-state index contributed by atoms with van der Waals surface area (Å²) in [4.78, 5) is 47.5. The highest BCUT2D eigenvalue weighted by Gasteiger charge is 2.44. The molecule has 14 heteroatoms. The van der Waals surface area contributed by atoms with E-state index in [4.69, 9.17) is 52.6 Å². The minimum absolute atomic E-state index is 0.128. The van der Waals surface area contributed by atoms with Crippen molar-refractivity contribution < 1.29 is 19.1 Å². The number of likely N-dealkylation sites (tertiary alicyclic amines) is 2. The van der Waals surface area contributed by atoms with Crippen LogP contribution in [-0.2, 0) is 22.7 Å². The maximum atomic E-state index is 11.9. The molecular formula is C38H40Cl2N8O4. The lowest BCUT2D eigenvalue weighted by atomic mass is 9.97. The van der Waals surface area contributed by atoms with Gasteiger partial charge in [0.25, 0.3) is 0 Å². The highest BCUT2D eigenvalue weighted by molar-refractivity contribution is 6.39. The van der Waals surface area contributed by atoms with E-state index in [9.17, 15) is 9.59 Å². The van der Waals surface area contributed by atoms with Crippen molar-refractivity contribution in [1.82, 2.24) is 40.4 Å². The van der Waals surface area contributed by atoms with Crippen LogP contribution in [0.4, 0.5) is 0 Å². The third-order valence-electron chi connectivity index (χ3n) is 10.9. The van der Waals surface area contributed by atoms with E-state index in [1.807, 2.05) is 36.4 Å². The minimum atomic E-state index is -0.138. The van der Waals surface area contributed by atoms with Gasteiger partial charge in [-0.3, -0.25) is 29.4 Å². The number of halogens is 2. The summed E-state index contributed by atoms with van der Waals surface area (Å²) < 4.78 is 11.4. The van der Waals surface area contributed by atoms with Gasteiger partial charge in [0.05, 0.1) is 59.1 Å². The zero-order chi connectivity index (χ0) is 36.0. The molecule has 0 bridgehead atoms. The van der Waals surface area contributed by atoms with E-state index in [1.54, 1.807) is 26.6 Å². The summed E-state index contributed by atoms with van der Waals surface area (Å²) in [6.07, 6.45) is 8.19. The molecular weight excluding hydrogens is 703 g/mol. The molecule has 0 aliphatic carbocycles. The summed E-state index contributed by atoms with van der Waals surface area (Å²) in [6.45, 7) is 4.43. The van der Waals surface area contributed by atoms with E-state index < -0.39 is 0 Å². The lowest BCUT2D eigenvalue weighted by molar-refractivity contribution is -0.120. The maximum absolute atomic E-state index is 11.9. The number of amides is 2. The van der Waals surface area contributed by atoms with E-state index >= 15 is 0 Å². The summed E-state index contributed by atoms with van der Waals surface area (Å²) in [5.41, 5.74) is 5.18. The third-order valence-corrected chi connectivity index (χ3v) is 11.7. The number of methoxy groups -OCH3 is 2. The standard InChI is InChI=1S/C38H40Cl2N8O4/c1-51-35-29(19-47-15-13-37(21-47)11-9-31(49)45-37)41-17-27(43-35)25-7-3-5-23(33(25)39)24-6-4-8-26(34(24)40)28-18-42-30(36(44-28)52-2)20-48-16-14-38(22-48)12-10-32(50)46-38/h3-8,17-18H,9-16,19-22H2,1-2H3,(H,45,49)(H,46,50). The van der Waals surface area contributed by atoms with Gasteiger partial charge < -0.3 is 20.1 Å². The lowest BCUT2D eigenvalue weighted by Crippen LogP contribution is -2.43. The second-order valence-corrected chi connectivity index (χ2v) is 15.1. The zero-order valence-corrected chi connectivity index (χ0v) is 30.7. The van der Waals surface area contributed by atoms with Crippen LogP contribution in [0.25, 0.3) is 33.6 Å². The van der Waals surface area contributed by atoms with Crippen molar-refractivity contribution in [3.05, 3.63) is 70.2 Å². The molecule has 2 spiro atoms. The Kier molecular flexibility index (Phi) is 9.27. The Morgan fingerprint density at radius 1 is 0.673 bits per heavy atom. The van der Waals surface area contributed by atoms with Gasteiger partial charge in [-0.1, -0.05) is 59.6 Å². The number of benzene rings is 2. The van der Waals surface area contributed by atoms with Crippen LogP contribution in [0.5, 0.6) is 11.8 Å². The molecule has 4 saturated heterocycles. The van der Waals surface area contributed by atoms with Gasteiger partial charge in [0.15, 0.2) is 0 Å². The molecule has 270 valence electrons. The molecule has 2 aromatic carbocycles. The number of carbonyl (C=O) groups is 2. The van der Waals surface area contributed by atoms with Crippen molar-refractivity contribution in [3.8, 4) is 45.4 Å². The van der Waals surface area contributed by atoms with Crippen molar-refractivity contribution in [2.45, 2.75) is 62.7 Å². The molecule has 52 heavy (non-hydrogen) atoms. The van der Waals surface area contributed by atoms with Crippen LogP contribution in [-0.4, -0.2) is 93.0 Å². The van der Waals surface area contributed by atoms with Gasteiger partial charge in [-0.2, -0.15) is 0 Å². The SMILES string of the molecule is COc1nc(-c2cccc(-c3cccc(-c4cnc(CN5CCC6(CCC(=O)N6)C5)c(OC)n4)c3Cl)c2Cl)cnc1CN1CCC2(CCC(=O)N2)C1. The Labute approximate surface area is 312 Å². The Hall–Kier alpha value is -4.36. The number of nitrogens with one attached hydrogen (secondary N) is 2. The van der Waals surface area contributed by atoms with Crippen LogP contribution >= 0.6 is 23.2 Å². The third kappa shape index (κ3) is 6.57. The van der Waals surface area contributed by atoms with E-state index in [2.05, 4.69) is 20.4 Å². The van der Waals surface area contributed by atoms with Crippen molar-refractivity contribution in [1.29, 1.82) is 0 Å². The van der Waals surface area contributed by atoms with Crippen LogP contribution in [0.2, 0.25) is 10.0 Å². The van der Waals surface area contributed by atoms with E-state index in [0.29, 0.717) is 70.3 Å². The Balaban J connectivity index is 1.02. The summed E-state index contributed by atoms with van der Waals surface area (Å²) in [6, 6.07) is 11.5. The minimum Gasteiger partial charge on any atom is -0.480 e. The van der Waals surface area contributed by atoms with Crippen LogP contribution in [0.1, 0.15) is 49.9 Å². The molecule has 0 saturated carbocycles. The summed E-state index contributed by atoms with van der Waals surface area (Å²) in [7, 11) is 3.18. The Bertz CT molecular complexity index is 1920. The number of ether oxygens (including phenoxy) is 2. The number of hydrogen-bond acceptors (Lipinski definition) is 10. The first-order valence-corrected chi connectivity index (χ1v) is 18.4. The molecule has 4 aliphatic heterocycles. The topological polar surface area (TPSA) is 135 Å². The van der Waals surface area contributed by atoms with E-state index in [0.717, 1.165) is 74.4 Å². The first-order chi connectivity index (χ1) is 25.2. The molecule has 2 N–H and O–H groups in total. The zero-order valence-electron chi connectivity index (χ0n) is 29.2. The average Bonchev–Trinajstić information content (AvgIpc) is 3.93. The monoisotopic (exact) mass is 742 g/mol. The van der Waals surface area contributed by atoms with Crippen LogP contribution < -0.4 is 20.1 Å². The first-order valence-electron chi connectivity index (χ1n) is 17.6. The molecule has 8 rings (SSSR count). The number of carbonyl (C=O) groups excluding carboxylic acids is 2. The van der Waals surface area contributed by atoms with Crippen molar-refractivity contribution in [2.24, 2.45) is 0 Å². The molecule has 4 aromatic rings. The van der Waals surface area contributed by atoms with Crippen LogP contribution in [0.15, 0.2) is 48.8 Å². The van der Waals surface area contributed by atoms with Gasteiger partial charge >= 0.3 is 0 Å². The largest absolute Gasteiger partial charge is 0.480 e. The number of hydrogen-bond donors (Lipinski definition) is 2. The lowest BCUT2D eigenvalue weighted by Gasteiger charge is -2.24. The highest BCUT2D eigenvalue weighted by Crippen LogP contribution is 2.42. The summed E-state index contributed by atoms with van der Waals surface area (Å²) in [5.74, 6) is 1.12. The molecule has 6 heterocycles. The molecule has 2 unspecified atom stereocenters. The summed E-state index contributed by atoms with van der Waals surface area (Å²) in [5, 5.41) is 7.31.